The van der Waals surface area contributed by atoms with Crippen LogP contribution in [0.5, 0.6) is 0 Å². The van der Waals surface area contributed by atoms with Crippen molar-refractivity contribution in [1.82, 2.24) is 5.32 Å². The highest BCUT2D eigenvalue weighted by molar-refractivity contribution is 7.84. The number of esters is 1. The van der Waals surface area contributed by atoms with E-state index in [9.17, 15) is 13.8 Å². The van der Waals surface area contributed by atoms with Gasteiger partial charge in [0.1, 0.15) is 0 Å². The molecule has 0 aromatic heterocycles. The second kappa shape index (κ2) is 6.85. The third kappa shape index (κ3) is 4.03. The molecule has 1 atom stereocenters. The van der Waals surface area contributed by atoms with E-state index in [0.717, 1.165) is 0 Å². The minimum Gasteiger partial charge on any atom is -0.478 e. The molecule has 110 valence electrons. The highest BCUT2D eigenvalue weighted by atomic mass is 32.2. The Balaban J connectivity index is 1.90. The maximum absolute atomic E-state index is 11.9. The zero-order chi connectivity index (χ0) is 15.2. The number of hydrogen-bond acceptors (Lipinski definition) is 5. The number of carboxylic acid groups (broad SMARTS) is 1. The molecule has 1 aromatic carbocycles. The Morgan fingerprint density at radius 2 is 1.86 bits per heavy atom. The van der Waals surface area contributed by atoms with Gasteiger partial charge in [0.05, 0.1) is 21.9 Å². The quantitative estimate of drug-likeness (QED) is 0.793. The van der Waals surface area contributed by atoms with Crippen LogP contribution in [0, 0.1) is 0 Å². The maximum atomic E-state index is 11.9. The normalized spacial score (nSPS) is 15.2. The van der Waals surface area contributed by atoms with Crippen LogP contribution in [0.3, 0.4) is 0 Å². The third-order valence-electron chi connectivity index (χ3n) is 2.74. The number of aliphatic carboxylic acids is 1. The molecule has 21 heavy (non-hydrogen) atoms. The summed E-state index contributed by atoms with van der Waals surface area (Å²) >= 11 is 0. The van der Waals surface area contributed by atoms with Crippen LogP contribution < -0.4 is 5.32 Å². The van der Waals surface area contributed by atoms with E-state index in [1.807, 2.05) is 0 Å². The summed E-state index contributed by atoms with van der Waals surface area (Å²) in [7, 11) is -1.45. The zero-order valence-corrected chi connectivity index (χ0v) is 11.8. The van der Waals surface area contributed by atoms with Crippen molar-refractivity contribution in [2.24, 2.45) is 0 Å². The predicted octanol–water partition coefficient (Wildman–Crippen LogP) is 1.14. The van der Waals surface area contributed by atoms with E-state index in [2.05, 4.69) is 5.32 Å². The van der Waals surface area contributed by atoms with E-state index in [4.69, 9.17) is 9.84 Å². The van der Waals surface area contributed by atoms with E-state index in [1.165, 1.54) is 12.4 Å². The molecule has 1 heterocycles. The van der Waals surface area contributed by atoms with Crippen molar-refractivity contribution < 1.29 is 23.6 Å². The fraction of sp³-hybridized carbons (Fsp3) is 0.143. The Labute approximate surface area is 123 Å². The van der Waals surface area contributed by atoms with E-state index in [0.29, 0.717) is 4.90 Å². The lowest BCUT2D eigenvalue weighted by molar-refractivity contribution is -0.137. The van der Waals surface area contributed by atoms with Crippen LogP contribution in [0.1, 0.15) is 6.42 Å². The van der Waals surface area contributed by atoms with Crippen molar-refractivity contribution in [2.45, 2.75) is 11.3 Å². The molecule has 0 saturated carbocycles. The first-order valence-corrected chi connectivity index (χ1v) is 7.38. The fourth-order valence-corrected chi connectivity index (χ4v) is 2.47. The van der Waals surface area contributed by atoms with Gasteiger partial charge in [-0.3, -0.25) is 4.21 Å². The third-order valence-corrected chi connectivity index (χ3v) is 3.87. The summed E-state index contributed by atoms with van der Waals surface area (Å²) in [6, 6.07) is 8.64. The molecule has 0 amide bonds. The van der Waals surface area contributed by atoms with Crippen molar-refractivity contribution >= 4 is 22.7 Å². The van der Waals surface area contributed by atoms with Crippen LogP contribution in [-0.4, -0.2) is 27.2 Å². The molecule has 2 rings (SSSR count). The molecule has 0 aliphatic carbocycles. The van der Waals surface area contributed by atoms with Crippen LogP contribution in [0.4, 0.5) is 0 Å². The Morgan fingerprint density at radius 3 is 2.52 bits per heavy atom. The topological polar surface area (TPSA) is 92.7 Å². The van der Waals surface area contributed by atoms with Crippen LogP contribution in [0.2, 0.25) is 0 Å². The zero-order valence-electron chi connectivity index (χ0n) is 10.9. The SMILES string of the molecule is O=C(O)C1=CNC=C(C(=O)OCS(=O)c2ccccc2)C1. The second-order valence-electron chi connectivity index (χ2n) is 4.20. The molecule has 1 aliphatic heterocycles. The van der Waals surface area contributed by atoms with Gasteiger partial charge in [0.15, 0.2) is 5.94 Å². The van der Waals surface area contributed by atoms with E-state index < -0.39 is 22.7 Å². The van der Waals surface area contributed by atoms with Crippen molar-refractivity contribution in [3.63, 3.8) is 0 Å². The monoisotopic (exact) mass is 307 g/mol. The smallest absolute Gasteiger partial charge is 0.336 e. The van der Waals surface area contributed by atoms with Crippen LogP contribution >= 0.6 is 0 Å². The molecule has 1 aliphatic rings. The summed E-state index contributed by atoms with van der Waals surface area (Å²) < 4.78 is 16.9. The summed E-state index contributed by atoms with van der Waals surface area (Å²) in [4.78, 5) is 23.2. The first-order valence-electron chi connectivity index (χ1n) is 6.06. The standard InChI is InChI=1S/C14H13NO5S/c16-13(17)10-6-11(8-15-7-10)14(18)20-9-21(19)12-4-2-1-3-5-12/h1-5,7-8,15H,6,9H2,(H,16,17). The molecule has 7 heteroatoms. The largest absolute Gasteiger partial charge is 0.478 e. The highest BCUT2D eigenvalue weighted by Gasteiger charge is 2.20. The molecule has 0 bridgehead atoms. The molecule has 2 N–H and O–H groups in total. The Morgan fingerprint density at radius 1 is 1.19 bits per heavy atom. The van der Waals surface area contributed by atoms with Crippen LogP contribution in [0.25, 0.3) is 0 Å². The number of nitrogens with one attached hydrogen (secondary N) is 1. The van der Waals surface area contributed by atoms with Gasteiger partial charge in [-0.25, -0.2) is 9.59 Å². The summed E-state index contributed by atoms with van der Waals surface area (Å²) in [5.74, 6) is -2.06. The number of hydrogen-bond donors (Lipinski definition) is 2. The summed E-state index contributed by atoms with van der Waals surface area (Å²) in [5.41, 5.74) is 0.244. The van der Waals surface area contributed by atoms with Crippen LogP contribution in [0.15, 0.2) is 58.8 Å². The molecule has 0 fully saturated rings. The Bertz CT molecular complexity index is 636. The van der Waals surface area contributed by atoms with E-state index in [-0.39, 0.29) is 23.5 Å². The predicted molar refractivity (Wildman–Crippen MR) is 75.4 cm³/mol. The highest BCUT2D eigenvalue weighted by Crippen LogP contribution is 2.16. The summed E-state index contributed by atoms with van der Waals surface area (Å²) in [6.45, 7) is 0. The number of dihydropyridines is 1. The first-order chi connectivity index (χ1) is 10.1. The molecule has 0 radical (unpaired) electrons. The average Bonchev–Trinajstić information content (AvgIpc) is 2.53. The van der Waals surface area contributed by atoms with Crippen molar-refractivity contribution in [3.8, 4) is 0 Å². The maximum Gasteiger partial charge on any atom is 0.336 e. The lowest BCUT2D eigenvalue weighted by atomic mass is 10.1. The molecule has 6 nitrogen and oxygen atoms in total. The van der Waals surface area contributed by atoms with Gasteiger partial charge in [-0.2, -0.15) is 0 Å². The molecule has 0 saturated heterocycles. The average molecular weight is 307 g/mol. The number of carboxylic acids is 1. The summed E-state index contributed by atoms with van der Waals surface area (Å²) in [5, 5.41) is 11.5. The van der Waals surface area contributed by atoms with Gasteiger partial charge >= 0.3 is 11.9 Å². The Kier molecular flexibility index (Phi) is 4.89. The van der Waals surface area contributed by atoms with Crippen molar-refractivity contribution in [2.75, 3.05) is 5.94 Å². The Hall–Kier alpha value is -2.41. The second-order valence-corrected chi connectivity index (χ2v) is 5.59. The van der Waals surface area contributed by atoms with Crippen molar-refractivity contribution in [1.29, 1.82) is 0 Å². The molecule has 1 aromatic rings. The fourth-order valence-electron chi connectivity index (χ4n) is 1.66. The van der Waals surface area contributed by atoms with Gasteiger partial charge in [0.2, 0.25) is 0 Å². The molecule has 1 unspecified atom stereocenters. The molecule has 0 spiro atoms. The van der Waals surface area contributed by atoms with Gasteiger partial charge in [-0.15, -0.1) is 0 Å². The van der Waals surface area contributed by atoms with Crippen molar-refractivity contribution in [3.05, 3.63) is 53.9 Å². The molecular formula is C14H13NO5S. The summed E-state index contributed by atoms with van der Waals surface area (Å²) in [6.07, 6.45) is 2.65. The van der Waals surface area contributed by atoms with Gasteiger partial charge < -0.3 is 15.2 Å². The van der Waals surface area contributed by atoms with E-state index >= 15 is 0 Å². The number of rotatable bonds is 5. The number of benzene rings is 1. The molecular weight excluding hydrogens is 294 g/mol. The minimum absolute atomic E-state index is 0.0286. The number of carbonyl (C=O) groups excluding carboxylic acids is 1. The number of carbonyl (C=O) groups is 2. The van der Waals surface area contributed by atoms with Gasteiger partial charge in [-0.05, 0) is 12.1 Å². The van der Waals surface area contributed by atoms with Crippen LogP contribution in [-0.2, 0) is 25.1 Å². The number of ether oxygens (including phenoxy) is 1. The minimum atomic E-state index is -1.45. The van der Waals surface area contributed by atoms with E-state index in [1.54, 1.807) is 30.3 Å². The lowest BCUT2D eigenvalue weighted by Crippen LogP contribution is -2.19. The lowest BCUT2D eigenvalue weighted by Gasteiger charge is -2.12. The van der Waals surface area contributed by atoms with Gasteiger partial charge in [-0.1, -0.05) is 18.2 Å². The first kappa shape index (κ1) is 15.0. The van der Waals surface area contributed by atoms with Gasteiger partial charge in [0.25, 0.3) is 0 Å². The van der Waals surface area contributed by atoms with Gasteiger partial charge in [0, 0.05) is 23.7 Å².